The van der Waals surface area contributed by atoms with Gasteiger partial charge in [0.05, 0.1) is 13.5 Å². The standard InChI is InChI=1S/C25H33N3O3/c1-25(2,16-26)17-28(24(30)19-10-11-19)15-20-6-4-5-7-22(20)27-23(29)14-18-8-12-21(31-3)13-9-18/h4-9,12-13,19H,10-11,14-17,26H2,1-3H3,(H,27,29). The van der Waals surface area contributed by atoms with Crippen molar-refractivity contribution in [1.82, 2.24) is 4.90 Å². The molecule has 0 spiro atoms. The number of hydrogen-bond acceptors (Lipinski definition) is 4. The molecule has 6 nitrogen and oxygen atoms in total. The van der Waals surface area contributed by atoms with Crippen LogP contribution in [0.25, 0.3) is 0 Å². The fourth-order valence-electron chi connectivity index (χ4n) is 3.49. The summed E-state index contributed by atoms with van der Waals surface area (Å²) in [7, 11) is 1.62. The van der Waals surface area contributed by atoms with Gasteiger partial charge in [-0.05, 0) is 54.1 Å². The van der Waals surface area contributed by atoms with Gasteiger partial charge in [0.25, 0.3) is 0 Å². The molecule has 0 aliphatic heterocycles. The lowest BCUT2D eigenvalue weighted by molar-refractivity contribution is -0.134. The van der Waals surface area contributed by atoms with Crippen molar-refractivity contribution in [1.29, 1.82) is 0 Å². The smallest absolute Gasteiger partial charge is 0.228 e. The third-order valence-corrected chi connectivity index (χ3v) is 5.59. The Morgan fingerprint density at radius 2 is 1.81 bits per heavy atom. The maximum absolute atomic E-state index is 12.9. The first kappa shape index (κ1) is 22.8. The van der Waals surface area contributed by atoms with Crippen LogP contribution in [0.5, 0.6) is 5.75 Å². The summed E-state index contributed by atoms with van der Waals surface area (Å²) in [6.45, 7) is 5.69. The molecule has 166 valence electrons. The van der Waals surface area contributed by atoms with Crippen LogP contribution in [0.15, 0.2) is 48.5 Å². The number of carbonyl (C=O) groups is 2. The Hall–Kier alpha value is -2.86. The van der Waals surface area contributed by atoms with E-state index in [1.54, 1.807) is 7.11 Å². The number of para-hydroxylation sites is 1. The number of anilines is 1. The van der Waals surface area contributed by atoms with E-state index >= 15 is 0 Å². The zero-order valence-corrected chi connectivity index (χ0v) is 18.7. The lowest BCUT2D eigenvalue weighted by Gasteiger charge is -2.32. The Morgan fingerprint density at radius 1 is 1.13 bits per heavy atom. The highest BCUT2D eigenvalue weighted by molar-refractivity contribution is 5.93. The van der Waals surface area contributed by atoms with Crippen molar-refractivity contribution in [2.75, 3.05) is 25.5 Å². The molecule has 0 unspecified atom stereocenters. The van der Waals surface area contributed by atoms with Crippen LogP contribution in [0.2, 0.25) is 0 Å². The predicted molar refractivity (Wildman–Crippen MR) is 123 cm³/mol. The molecule has 2 aromatic carbocycles. The van der Waals surface area contributed by atoms with Crippen molar-refractivity contribution in [2.24, 2.45) is 17.1 Å². The SMILES string of the molecule is COc1ccc(CC(=O)Nc2ccccc2CN(CC(C)(C)CN)C(=O)C2CC2)cc1. The Balaban J connectivity index is 1.71. The van der Waals surface area contributed by atoms with Gasteiger partial charge in [0.1, 0.15) is 5.75 Å². The summed E-state index contributed by atoms with van der Waals surface area (Å²) in [5.74, 6) is 0.974. The molecule has 0 atom stereocenters. The topological polar surface area (TPSA) is 84.7 Å². The Bertz CT molecular complexity index is 904. The van der Waals surface area contributed by atoms with Gasteiger partial charge in [-0.3, -0.25) is 9.59 Å². The molecule has 1 aliphatic carbocycles. The highest BCUT2D eigenvalue weighted by atomic mass is 16.5. The number of ether oxygens (including phenoxy) is 1. The molecule has 0 aromatic heterocycles. The number of methoxy groups -OCH3 is 1. The largest absolute Gasteiger partial charge is 0.497 e. The molecular weight excluding hydrogens is 390 g/mol. The molecule has 0 heterocycles. The molecule has 1 fully saturated rings. The zero-order chi connectivity index (χ0) is 22.4. The number of hydrogen-bond donors (Lipinski definition) is 2. The summed E-state index contributed by atoms with van der Waals surface area (Å²) in [4.78, 5) is 27.5. The number of nitrogens with one attached hydrogen (secondary N) is 1. The van der Waals surface area contributed by atoms with E-state index in [0.717, 1.165) is 35.4 Å². The van der Waals surface area contributed by atoms with Gasteiger partial charge in [-0.2, -0.15) is 0 Å². The van der Waals surface area contributed by atoms with Crippen LogP contribution in [0.4, 0.5) is 5.69 Å². The minimum Gasteiger partial charge on any atom is -0.497 e. The third kappa shape index (κ3) is 6.56. The molecule has 3 rings (SSSR count). The molecular formula is C25H33N3O3. The maximum atomic E-state index is 12.9. The highest BCUT2D eigenvalue weighted by Crippen LogP contribution is 2.33. The lowest BCUT2D eigenvalue weighted by atomic mass is 9.92. The monoisotopic (exact) mass is 423 g/mol. The second kappa shape index (κ2) is 9.96. The summed E-state index contributed by atoms with van der Waals surface area (Å²) in [5.41, 5.74) is 8.32. The van der Waals surface area contributed by atoms with Crippen LogP contribution >= 0.6 is 0 Å². The van der Waals surface area contributed by atoms with E-state index in [-0.39, 0.29) is 29.6 Å². The molecule has 6 heteroatoms. The van der Waals surface area contributed by atoms with Crippen molar-refractivity contribution >= 4 is 17.5 Å². The van der Waals surface area contributed by atoms with Gasteiger partial charge in [0, 0.05) is 24.7 Å². The summed E-state index contributed by atoms with van der Waals surface area (Å²) in [5, 5.41) is 3.02. The molecule has 0 saturated heterocycles. The Kier molecular flexibility index (Phi) is 7.33. The first-order chi connectivity index (χ1) is 14.8. The predicted octanol–water partition coefficient (Wildman–Crippen LogP) is 3.60. The minimum atomic E-state index is -0.170. The zero-order valence-electron chi connectivity index (χ0n) is 18.7. The molecule has 31 heavy (non-hydrogen) atoms. The second-order valence-electron chi connectivity index (χ2n) is 9.07. The summed E-state index contributed by atoms with van der Waals surface area (Å²) in [6, 6.07) is 15.1. The maximum Gasteiger partial charge on any atom is 0.228 e. The van der Waals surface area contributed by atoms with Gasteiger partial charge < -0.3 is 20.7 Å². The van der Waals surface area contributed by atoms with Crippen LogP contribution in [-0.2, 0) is 22.6 Å². The lowest BCUT2D eigenvalue weighted by Crippen LogP contribution is -2.42. The average molecular weight is 424 g/mol. The van der Waals surface area contributed by atoms with E-state index in [1.165, 1.54) is 0 Å². The van der Waals surface area contributed by atoms with Gasteiger partial charge in [-0.15, -0.1) is 0 Å². The molecule has 3 N–H and O–H groups in total. The van der Waals surface area contributed by atoms with E-state index in [4.69, 9.17) is 10.5 Å². The summed E-state index contributed by atoms with van der Waals surface area (Å²) < 4.78 is 5.16. The number of carbonyl (C=O) groups excluding carboxylic acids is 2. The average Bonchev–Trinajstić information content (AvgIpc) is 3.60. The van der Waals surface area contributed by atoms with E-state index in [0.29, 0.717) is 19.6 Å². The first-order valence-corrected chi connectivity index (χ1v) is 10.8. The summed E-state index contributed by atoms with van der Waals surface area (Å²) >= 11 is 0. The van der Waals surface area contributed by atoms with Crippen molar-refractivity contribution in [3.8, 4) is 5.75 Å². The number of nitrogens with two attached hydrogens (primary N) is 1. The summed E-state index contributed by atoms with van der Waals surface area (Å²) in [6.07, 6.45) is 2.18. The van der Waals surface area contributed by atoms with E-state index in [2.05, 4.69) is 19.2 Å². The number of benzene rings is 2. The fraction of sp³-hybridized carbons (Fsp3) is 0.440. The molecule has 1 saturated carbocycles. The number of nitrogens with zero attached hydrogens (tertiary/aromatic N) is 1. The third-order valence-electron chi connectivity index (χ3n) is 5.59. The molecule has 0 bridgehead atoms. The quantitative estimate of drug-likeness (QED) is 0.611. The fourth-order valence-corrected chi connectivity index (χ4v) is 3.49. The number of amides is 2. The van der Waals surface area contributed by atoms with Crippen LogP contribution < -0.4 is 15.8 Å². The van der Waals surface area contributed by atoms with Crippen LogP contribution in [-0.4, -0.2) is 36.9 Å². The van der Waals surface area contributed by atoms with Gasteiger partial charge in [0.2, 0.25) is 11.8 Å². The van der Waals surface area contributed by atoms with Crippen molar-refractivity contribution < 1.29 is 14.3 Å². The van der Waals surface area contributed by atoms with Crippen molar-refractivity contribution in [2.45, 2.75) is 39.7 Å². The minimum absolute atomic E-state index is 0.0972. The highest BCUT2D eigenvalue weighted by Gasteiger charge is 2.35. The van der Waals surface area contributed by atoms with Crippen molar-refractivity contribution in [3.05, 3.63) is 59.7 Å². The van der Waals surface area contributed by atoms with E-state index in [9.17, 15) is 9.59 Å². The molecule has 0 radical (unpaired) electrons. The van der Waals surface area contributed by atoms with Crippen LogP contribution in [0.3, 0.4) is 0 Å². The van der Waals surface area contributed by atoms with Gasteiger partial charge in [0.15, 0.2) is 0 Å². The van der Waals surface area contributed by atoms with E-state index in [1.807, 2.05) is 53.4 Å². The van der Waals surface area contributed by atoms with Gasteiger partial charge >= 0.3 is 0 Å². The van der Waals surface area contributed by atoms with Gasteiger partial charge in [-0.1, -0.05) is 44.2 Å². The van der Waals surface area contributed by atoms with Crippen LogP contribution in [0.1, 0.15) is 37.8 Å². The first-order valence-electron chi connectivity index (χ1n) is 10.8. The Labute approximate surface area is 184 Å². The Morgan fingerprint density at radius 3 is 2.42 bits per heavy atom. The molecule has 1 aliphatic rings. The molecule has 2 aromatic rings. The van der Waals surface area contributed by atoms with Crippen LogP contribution in [0, 0.1) is 11.3 Å². The van der Waals surface area contributed by atoms with Gasteiger partial charge in [-0.25, -0.2) is 0 Å². The normalized spacial score (nSPS) is 13.5. The van der Waals surface area contributed by atoms with Crippen molar-refractivity contribution in [3.63, 3.8) is 0 Å². The second-order valence-corrected chi connectivity index (χ2v) is 9.07. The molecule has 2 amide bonds. The number of rotatable bonds is 10. The van der Waals surface area contributed by atoms with E-state index < -0.39 is 0 Å².